The van der Waals surface area contributed by atoms with Crippen molar-refractivity contribution in [2.45, 2.75) is 41.8 Å². The van der Waals surface area contributed by atoms with Crippen LogP contribution in [0.25, 0.3) is 0 Å². The van der Waals surface area contributed by atoms with Crippen LogP contribution >= 0.6 is 11.6 Å². The summed E-state index contributed by atoms with van der Waals surface area (Å²) in [4.78, 5) is 27.0. The molecule has 0 radical (unpaired) electrons. The number of likely N-dealkylation sites (tertiary alicyclic amines) is 1. The maximum Gasteiger partial charge on any atom is 0.254 e. The van der Waals surface area contributed by atoms with Gasteiger partial charge in [-0.1, -0.05) is 17.7 Å². The number of rotatable bonds is 6. The number of carbonyl (C=O) groups excluding carboxylic acids is 2. The van der Waals surface area contributed by atoms with Gasteiger partial charge in [0.15, 0.2) is 0 Å². The Morgan fingerprint density at radius 2 is 1.82 bits per heavy atom. The van der Waals surface area contributed by atoms with Crippen LogP contribution in [0.2, 0.25) is 5.02 Å². The highest BCUT2D eigenvalue weighted by Crippen LogP contribution is 2.55. The minimum Gasteiger partial charge on any atom is -0.368 e. The number of hydrogen-bond acceptors (Lipinski definition) is 4. The third-order valence-corrected chi connectivity index (χ3v) is 7.66. The summed E-state index contributed by atoms with van der Waals surface area (Å²) < 4.78 is 67.7. The highest BCUT2D eigenvalue weighted by Gasteiger charge is 2.61. The fourth-order valence-corrected chi connectivity index (χ4v) is 5.60. The van der Waals surface area contributed by atoms with Crippen LogP contribution in [-0.4, -0.2) is 43.4 Å². The zero-order valence-corrected chi connectivity index (χ0v) is 19.3. The Balaban J connectivity index is 1.88. The maximum atomic E-state index is 15.0. The van der Waals surface area contributed by atoms with Gasteiger partial charge < -0.3 is 10.6 Å². The zero-order valence-electron chi connectivity index (χ0n) is 17.7. The topological polar surface area (TPSA) is 124 Å². The van der Waals surface area contributed by atoms with Crippen LogP contribution in [0.4, 0.5) is 13.2 Å². The van der Waals surface area contributed by atoms with Crippen LogP contribution in [-0.2, 0) is 14.8 Å². The quantitative estimate of drug-likeness (QED) is 0.574. The largest absolute Gasteiger partial charge is 0.368 e. The van der Waals surface area contributed by atoms with Gasteiger partial charge in [-0.2, -0.15) is 0 Å². The monoisotopic (exact) mass is 515 g/mol. The Bertz CT molecular complexity index is 1290. The van der Waals surface area contributed by atoms with Gasteiger partial charge in [0, 0.05) is 17.9 Å². The van der Waals surface area contributed by atoms with Crippen molar-refractivity contribution in [3.8, 4) is 0 Å². The average molecular weight is 516 g/mol. The summed E-state index contributed by atoms with van der Waals surface area (Å²) in [7, 11) is -4.16. The summed E-state index contributed by atoms with van der Waals surface area (Å²) >= 11 is 5.69. The fraction of sp³-hybridized carbons (Fsp3) is 0.364. The number of nitrogens with two attached hydrogens (primary N) is 2. The Morgan fingerprint density at radius 3 is 2.41 bits per heavy atom. The molecule has 7 nitrogen and oxygen atoms in total. The molecule has 2 aliphatic rings. The number of halogens is 4. The molecule has 34 heavy (non-hydrogen) atoms. The third-order valence-electron chi connectivity index (χ3n) is 6.46. The van der Waals surface area contributed by atoms with Gasteiger partial charge >= 0.3 is 0 Å². The Hall–Kier alpha value is -2.63. The molecule has 1 heterocycles. The molecule has 2 amide bonds. The van der Waals surface area contributed by atoms with Gasteiger partial charge in [-0.25, -0.2) is 26.7 Å². The number of sulfonamides is 1. The second kappa shape index (κ2) is 8.54. The van der Waals surface area contributed by atoms with E-state index in [1.54, 1.807) is 0 Å². The van der Waals surface area contributed by atoms with Crippen LogP contribution in [0.15, 0.2) is 41.3 Å². The predicted molar refractivity (Wildman–Crippen MR) is 117 cm³/mol. The van der Waals surface area contributed by atoms with E-state index in [4.69, 9.17) is 22.5 Å². The SMILES string of the molecule is NC(=O)[C@@]1([C@@H](c2cc(F)c(Cl)cc2F)C2CC2)CC(F)CN1C(=O)c1cccc(S(N)(=O)=O)c1. The van der Waals surface area contributed by atoms with Crippen LogP contribution in [0.5, 0.6) is 0 Å². The summed E-state index contributed by atoms with van der Waals surface area (Å²) in [6, 6.07) is 6.34. The van der Waals surface area contributed by atoms with E-state index in [1.165, 1.54) is 18.2 Å². The number of primary sulfonamides is 1. The standard InChI is InChI=1S/C22H21ClF3N3O4S/c23-16-8-17(25)15(7-18(16)26)19(11-4-5-11)22(21(27)31)9-13(24)10-29(22)20(30)12-2-1-3-14(6-12)34(28,32)33/h1-3,6-8,11,13,19H,4-5,9-10H2,(H2,27,31)(H2,28,32,33)/t13?,19-,22+/m1/s1. The lowest BCUT2D eigenvalue weighted by molar-refractivity contribution is -0.129. The van der Waals surface area contributed by atoms with Crippen LogP contribution in [0, 0.1) is 17.6 Å². The molecule has 0 spiro atoms. The first-order valence-corrected chi connectivity index (χ1v) is 12.3. The first kappa shape index (κ1) is 24.5. The van der Waals surface area contributed by atoms with Crippen molar-refractivity contribution >= 4 is 33.4 Å². The molecule has 2 aromatic carbocycles. The number of nitrogens with zero attached hydrogens (tertiary/aromatic N) is 1. The lowest BCUT2D eigenvalue weighted by atomic mass is 9.73. The molecule has 182 valence electrons. The van der Waals surface area contributed by atoms with Crippen molar-refractivity contribution < 1.29 is 31.2 Å². The van der Waals surface area contributed by atoms with Crippen molar-refractivity contribution in [3.63, 3.8) is 0 Å². The Morgan fingerprint density at radius 1 is 1.15 bits per heavy atom. The zero-order chi connectivity index (χ0) is 25.0. The molecule has 2 aromatic rings. The Kier molecular flexibility index (Phi) is 6.16. The normalized spacial score (nSPS) is 23.7. The van der Waals surface area contributed by atoms with E-state index in [9.17, 15) is 26.8 Å². The van der Waals surface area contributed by atoms with E-state index in [1.807, 2.05) is 0 Å². The highest BCUT2D eigenvalue weighted by atomic mass is 35.5. The average Bonchev–Trinajstić information content (AvgIpc) is 3.52. The molecule has 1 aliphatic heterocycles. The van der Waals surface area contributed by atoms with Gasteiger partial charge in [-0.3, -0.25) is 9.59 Å². The fourth-order valence-electron chi connectivity index (χ4n) is 4.89. The first-order valence-electron chi connectivity index (χ1n) is 10.4. The van der Waals surface area contributed by atoms with Crippen LogP contribution < -0.4 is 10.9 Å². The number of alkyl halides is 1. The van der Waals surface area contributed by atoms with E-state index in [2.05, 4.69) is 0 Å². The molecular formula is C22H21ClF3N3O4S. The van der Waals surface area contributed by atoms with Crippen molar-refractivity contribution in [1.82, 2.24) is 4.90 Å². The van der Waals surface area contributed by atoms with Crippen molar-refractivity contribution in [3.05, 3.63) is 64.2 Å². The van der Waals surface area contributed by atoms with Gasteiger partial charge in [0.2, 0.25) is 15.9 Å². The van der Waals surface area contributed by atoms with Crippen molar-refractivity contribution in [2.24, 2.45) is 16.8 Å². The van der Waals surface area contributed by atoms with Crippen molar-refractivity contribution in [1.29, 1.82) is 0 Å². The van der Waals surface area contributed by atoms with Gasteiger partial charge in [0.1, 0.15) is 23.3 Å². The minimum absolute atomic E-state index is 0.177. The van der Waals surface area contributed by atoms with Crippen LogP contribution in [0.1, 0.15) is 41.1 Å². The van der Waals surface area contributed by atoms with E-state index in [0.717, 1.165) is 23.1 Å². The van der Waals surface area contributed by atoms with E-state index < -0.39 is 69.1 Å². The molecule has 4 rings (SSSR count). The lowest BCUT2D eigenvalue weighted by Crippen LogP contribution is -2.60. The van der Waals surface area contributed by atoms with Gasteiger partial charge in [0.05, 0.1) is 16.5 Å². The minimum atomic E-state index is -4.16. The summed E-state index contributed by atoms with van der Waals surface area (Å²) in [6.07, 6.45) is -1.14. The number of primary amides is 1. The Labute approximate surface area is 198 Å². The molecule has 0 bridgehead atoms. The predicted octanol–water partition coefficient (Wildman–Crippen LogP) is 2.87. The van der Waals surface area contributed by atoms with Gasteiger partial charge in [0.25, 0.3) is 5.91 Å². The summed E-state index contributed by atoms with van der Waals surface area (Å²) in [5.41, 5.74) is 3.34. The van der Waals surface area contributed by atoms with Gasteiger partial charge in [-0.15, -0.1) is 0 Å². The molecule has 1 saturated carbocycles. The summed E-state index contributed by atoms with van der Waals surface area (Å²) in [5.74, 6) is -5.30. The van der Waals surface area contributed by atoms with Crippen molar-refractivity contribution in [2.75, 3.05) is 6.54 Å². The van der Waals surface area contributed by atoms with Crippen LogP contribution in [0.3, 0.4) is 0 Å². The second-order valence-electron chi connectivity index (χ2n) is 8.68. The van der Waals surface area contributed by atoms with Gasteiger partial charge in [-0.05, 0) is 54.7 Å². The number of hydrogen-bond donors (Lipinski definition) is 2. The molecular weight excluding hydrogens is 495 g/mol. The number of benzene rings is 2. The third kappa shape index (κ3) is 4.16. The molecule has 1 saturated heterocycles. The highest BCUT2D eigenvalue weighted by molar-refractivity contribution is 7.89. The molecule has 12 heteroatoms. The molecule has 1 aliphatic carbocycles. The molecule has 4 N–H and O–H groups in total. The molecule has 3 atom stereocenters. The lowest BCUT2D eigenvalue weighted by Gasteiger charge is -2.42. The first-order chi connectivity index (χ1) is 15.9. The smallest absolute Gasteiger partial charge is 0.254 e. The number of amides is 2. The number of carbonyl (C=O) groups is 2. The maximum absolute atomic E-state index is 15.0. The molecule has 1 unspecified atom stereocenters. The van der Waals surface area contributed by atoms with E-state index in [0.29, 0.717) is 12.8 Å². The van der Waals surface area contributed by atoms with E-state index >= 15 is 4.39 Å². The molecule has 0 aromatic heterocycles. The van der Waals surface area contributed by atoms with E-state index in [-0.39, 0.29) is 21.9 Å². The summed E-state index contributed by atoms with van der Waals surface area (Å²) in [5, 5.41) is 4.68. The second-order valence-corrected chi connectivity index (χ2v) is 10.7. The summed E-state index contributed by atoms with van der Waals surface area (Å²) in [6.45, 7) is -0.539. The molecule has 2 fully saturated rings.